The van der Waals surface area contributed by atoms with Crippen molar-refractivity contribution in [3.05, 3.63) is 29.3 Å². The molecular formula is C23H32N8O2. The average molecular weight is 453 g/mol. The molecule has 10 heteroatoms. The van der Waals surface area contributed by atoms with Gasteiger partial charge in [-0.1, -0.05) is 0 Å². The van der Waals surface area contributed by atoms with E-state index in [1.807, 2.05) is 24.8 Å². The minimum atomic E-state index is 0.121. The number of amides is 1. The second kappa shape index (κ2) is 9.09. The predicted molar refractivity (Wildman–Crippen MR) is 125 cm³/mol. The van der Waals surface area contributed by atoms with E-state index in [1.54, 1.807) is 6.92 Å². The van der Waals surface area contributed by atoms with Crippen LogP contribution in [-0.4, -0.2) is 82.2 Å². The van der Waals surface area contributed by atoms with Gasteiger partial charge in [0, 0.05) is 56.6 Å². The number of rotatable bonds is 7. The Morgan fingerprint density at radius 3 is 2.52 bits per heavy atom. The first-order valence-corrected chi connectivity index (χ1v) is 11.7. The summed E-state index contributed by atoms with van der Waals surface area (Å²) in [6, 6.07) is 4.64. The number of carbonyl (C=O) groups is 1. The van der Waals surface area contributed by atoms with Gasteiger partial charge in [0.15, 0.2) is 0 Å². The molecule has 176 valence electrons. The van der Waals surface area contributed by atoms with Crippen LogP contribution in [0.25, 0.3) is 0 Å². The fourth-order valence-electron chi connectivity index (χ4n) is 4.62. The van der Waals surface area contributed by atoms with Crippen LogP contribution in [-0.2, 0) is 16.0 Å². The molecule has 1 unspecified atom stereocenters. The highest BCUT2D eigenvalue weighted by Gasteiger charge is 2.29. The summed E-state index contributed by atoms with van der Waals surface area (Å²) >= 11 is 0. The number of anilines is 3. The lowest BCUT2D eigenvalue weighted by Gasteiger charge is -2.39. The number of ether oxygens (including phenoxy) is 1. The van der Waals surface area contributed by atoms with Crippen molar-refractivity contribution in [3.63, 3.8) is 0 Å². The van der Waals surface area contributed by atoms with Crippen LogP contribution in [0.3, 0.4) is 0 Å². The quantitative estimate of drug-likeness (QED) is 0.644. The molecule has 0 bridgehead atoms. The molecule has 3 aliphatic heterocycles. The summed E-state index contributed by atoms with van der Waals surface area (Å²) in [6.07, 6.45) is 1.98. The topological polar surface area (TPSA) is 108 Å². The van der Waals surface area contributed by atoms with Crippen molar-refractivity contribution in [1.82, 2.24) is 24.8 Å². The van der Waals surface area contributed by atoms with Crippen LogP contribution in [0, 0.1) is 19.8 Å². The molecule has 2 N–H and O–H groups in total. The zero-order valence-electron chi connectivity index (χ0n) is 19.5. The van der Waals surface area contributed by atoms with Crippen molar-refractivity contribution in [1.29, 1.82) is 0 Å². The summed E-state index contributed by atoms with van der Waals surface area (Å²) < 4.78 is 5.25. The van der Waals surface area contributed by atoms with Crippen LogP contribution in [0.1, 0.15) is 30.6 Å². The lowest BCUT2D eigenvalue weighted by Crippen LogP contribution is -2.56. The minimum absolute atomic E-state index is 0.121. The summed E-state index contributed by atoms with van der Waals surface area (Å²) in [5, 5.41) is 6.88. The van der Waals surface area contributed by atoms with Crippen molar-refractivity contribution in [2.45, 2.75) is 45.7 Å². The van der Waals surface area contributed by atoms with Crippen LogP contribution in [0.4, 0.5) is 17.6 Å². The molecule has 5 heterocycles. The maximum absolute atomic E-state index is 11.4. The van der Waals surface area contributed by atoms with Gasteiger partial charge in [0.05, 0.1) is 25.3 Å². The Morgan fingerprint density at radius 2 is 1.79 bits per heavy atom. The maximum atomic E-state index is 11.4. The van der Waals surface area contributed by atoms with E-state index in [1.165, 1.54) is 0 Å². The van der Waals surface area contributed by atoms with E-state index < -0.39 is 0 Å². The first-order valence-electron chi connectivity index (χ1n) is 11.7. The molecular weight excluding hydrogens is 420 g/mol. The highest BCUT2D eigenvalue weighted by molar-refractivity contribution is 5.74. The standard InChI is InChI=1S/C23H32N8O2/c1-14-6-21(28-20-12-33-13-20)29-23(24-14)30-5-4-17(9-30)7-18-8-22(26-15(2)25-18)27-19-10-31(11-19)16(3)32/h6,8,17,19-20H,4-5,7,9-13H2,1-3H3,(H,24,28,29)(H,25,26,27). The van der Waals surface area contributed by atoms with Gasteiger partial charge in [0.2, 0.25) is 11.9 Å². The van der Waals surface area contributed by atoms with Crippen LogP contribution in [0.5, 0.6) is 0 Å². The summed E-state index contributed by atoms with van der Waals surface area (Å²) in [5.74, 6) is 3.89. The highest BCUT2D eigenvalue weighted by atomic mass is 16.5. The SMILES string of the molecule is CC(=O)N1CC(Nc2cc(CC3CCN(c4nc(C)cc(NC5COC5)n4)C3)nc(C)n2)C1. The average Bonchev–Trinajstić information content (AvgIpc) is 3.14. The number of hydrogen-bond acceptors (Lipinski definition) is 9. The molecule has 10 nitrogen and oxygen atoms in total. The molecule has 5 rings (SSSR count). The van der Waals surface area contributed by atoms with E-state index in [0.29, 0.717) is 12.0 Å². The molecule has 3 saturated heterocycles. The van der Waals surface area contributed by atoms with Crippen LogP contribution in [0.15, 0.2) is 12.1 Å². The molecule has 2 aromatic heterocycles. The Hall–Kier alpha value is -3.01. The van der Waals surface area contributed by atoms with Crippen LogP contribution in [0.2, 0.25) is 0 Å². The molecule has 0 saturated carbocycles. The smallest absolute Gasteiger partial charge is 0.227 e. The van der Waals surface area contributed by atoms with E-state index in [0.717, 1.165) is 87.0 Å². The highest BCUT2D eigenvalue weighted by Crippen LogP contribution is 2.26. The molecule has 3 fully saturated rings. The van der Waals surface area contributed by atoms with Crippen molar-refractivity contribution in [2.24, 2.45) is 5.92 Å². The second-order valence-electron chi connectivity index (χ2n) is 9.44. The zero-order valence-corrected chi connectivity index (χ0v) is 19.5. The molecule has 0 aromatic carbocycles. The van der Waals surface area contributed by atoms with Crippen molar-refractivity contribution in [2.75, 3.05) is 54.9 Å². The number of nitrogens with one attached hydrogen (secondary N) is 2. The third kappa shape index (κ3) is 5.16. The molecule has 1 amide bonds. The van der Waals surface area contributed by atoms with E-state index >= 15 is 0 Å². The van der Waals surface area contributed by atoms with Gasteiger partial charge in [0.25, 0.3) is 0 Å². The van der Waals surface area contributed by atoms with E-state index in [4.69, 9.17) is 9.72 Å². The van der Waals surface area contributed by atoms with E-state index in [9.17, 15) is 4.79 Å². The fraction of sp³-hybridized carbons (Fsp3) is 0.609. The lowest BCUT2D eigenvalue weighted by molar-refractivity contribution is -0.132. The summed E-state index contributed by atoms with van der Waals surface area (Å²) in [5.41, 5.74) is 2.02. The van der Waals surface area contributed by atoms with Gasteiger partial charge < -0.3 is 25.2 Å². The third-order valence-electron chi connectivity index (χ3n) is 6.47. The second-order valence-corrected chi connectivity index (χ2v) is 9.44. The van der Waals surface area contributed by atoms with E-state index in [2.05, 4.69) is 36.6 Å². The number of likely N-dealkylation sites (tertiary alicyclic amines) is 1. The van der Waals surface area contributed by atoms with Gasteiger partial charge in [-0.3, -0.25) is 4.79 Å². The summed E-state index contributed by atoms with van der Waals surface area (Å²) in [4.78, 5) is 34.2. The maximum Gasteiger partial charge on any atom is 0.227 e. The van der Waals surface area contributed by atoms with Gasteiger partial charge in [-0.05, 0) is 32.6 Å². The van der Waals surface area contributed by atoms with Gasteiger partial charge in [-0.25, -0.2) is 15.0 Å². The molecule has 2 aromatic rings. The summed E-state index contributed by atoms with van der Waals surface area (Å²) in [7, 11) is 0. The van der Waals surface area contributed by atoms with Gasteiger partial charge in [0.1, 0.15) is 17.5 Å². The van der Waals surface area contributed by atoms with Crippen molar-refractivity contribution >= 4 is 23.5 Å². The van der Waals surface area contributed by atoms with Crippen LogP contribution < -0.4 is 15.5 Å². The zero-order chi connectivity index (χ0) is 22.9. The monoisotopic (exact) mass is 452 g/mol. The van der Waals surface area contributed by atoms with Gasteiger partial charge in [-0.2, -0.15) is 4.98 Å². The Kier molecular flexibility index (Phi) is 6.01. The largest absolute Gasteiger partial charge is 0.377 e. The van der Waals surface area contributed by atoms with E-state index in [-0.39, 0.29) is 11.9 Å². The number of nitrogens with zero attached hydrogens (tertiary/aromatic N) is 6. The van der Waals surface area contributed by atoms with Crippen molar-refractivity contribution < 1.29 is 9.53 Å². The lowest BCUT2D eigenvalue weighted by atomic mass is 10.0. The minimum Gasteiger partial charge on any atom is -0.377 e. The third-order valence-corrected chi connectivity index (χ3v) is 6.47. The fourth-order valence-corrected chi connectivity index (χ4v) is 4.62. The predicted octanol–water partition coefficient (Wildman–Crippen LogP) is 1.41. The summed E-state index contributed by atoms with van der Waals surface area (Å²) in [6.45, 7) is 10.3. The molecule has 0 aliphatic carbocycles. The number of aryl methyl sites for hydroxylation is 2. The Labute approximate surface area is 194 Å². The van der Waals surface area contributed by atoms with Gasteiger partial charge in [-0.15, -0.1) is 0 Å². The molecule has 33 heavy (non-hydrogen) atoms. The molecule has 0 radical (unpaired) electrons. The number of hydrogen-bond donors (Lipinski definition) is 2. The van der Waals surface area contributed by atoms with Crippen molar-refractivity contribution in [3.8, 4) is 0 Å². The normalized spacial score (nSPS) is 21.0. The first kappa shape index (κ1) is 21.8. The van der Waals surface area contributed by atoms with Gasteiger partial charge >= 0.3 is 0 Å². The molecule has 3 aliphatic rings. The van der Waals surface area contributed by atoms with Crippen LogP contribution >= 0.6 is 0 Å². The number of carbonyl (C=O) groups excluding carboxylic acids is 1. The Bertz CT molecular complexity index is 1020. The Balaban J connectivity index is 1.19. The first-order chi connectivity index (χ1) is 15.9. The Morgan fingerprint density at radius 1 is 1.03 bits per heavy atom. The number of aromatic nitrogens is 4. The molecule has 0 spiro atoms. The molecule has 1 atom stereocenters.